The third-order valence-corrected chi connectivity index (χ3v) is 6.06. The van der Waals surface area contributed by atoms with Crippen LogP contribution < -0.4 is 25.8 Å². The Bertz CT molecular complexity index is 1160. The van der Waals surface area contributed by atoms with Crippen molar-refractivity contribution in [1.82, 2.24) is 15.5 Å². The number of amides is 5. The second-order valence-electron chi connectivity index (χ2n) is 8.82. The molecule has 0 saturated carbocycles. The molecule has 2 aromatic carbocycles. The number of piperazine rings is 1. The lowest BCUT2D eigenvalue weighted by atomic mass is 10.2. The van der Waals surface area contributed by atoms with Gasteiger partial charge in [-0.2, -0.15) is 0 Å². The van der Waals surface area contributed by atoms with Gasteiger partial charge in [0, 0.05) is 38.8 Å². The van der Waals surface area contributed by atoms with E-state index in [1.165, 1.54) is 17.9 Å². The summed E-state index contributed by atoms with van der Waals surface area (Å²) < 4.78 is 20.2. The van der Waals surface area contributed by atoms with E-state index in [2.05, 4.69) is 16.0 Å². The largest absolute Gasteiger partial charge is 0.442 e. The van der Waals surface area contributed by atoms with Gasteiger partial charge in [0.25, 0.3) is 0 Å². The molecule has 0 aromatic heterocycles. The van der Waals surface area contributed by atoms with Gasteiger partial charge in [-0.1, -0.05) is 18.2 Å². The first-order valence-electron chi connectivity index (χ1n) is 11.9. The predicted octanol–water partition coefficient (Wildman–Crippen LogP) is 1.76. The molecular weight excluding hydrogens is 483 g/mol. The van der Waals surface area contributed by atoms with E-state index in [0.717, 1.165) is 0 Å². The second kappa shape index (κ2) is 11.7. The first-order valence-corrected chi connectivity index (χ1v) is 11.9. The van der Waals surface area contributed by atoms with Crippen molar-refractivity contribution in [2.24, 2.45) is 0 Å². The lowest BCUT2D eigenvalue weighted by molar-refractivity contribution is -0.121. The molecule has 0 bridgehead atoms. The maximum atomic E-state index is 15.0. The summed E-state index contributed by atoms with van der Waals surface area (Å²) in [6.45, 7) is 3.84. The number of ether oxygens (including phenoxy) is 1. The number of imide groups is 1. The molecule has 3 N–H and O–H groups in total. The highest BCUT2D eigenvalue weighted by molar-refractivity contribution is 6.01. The Hall–Kier alpha value is -4.19. The van der Waals surface area contributed by atoms with Crippen LogP contribution in [0.5, 0.6) is 0 Å². The SMILES string of the molecule is CC(=O)NCC1CN(c2ccc(N3CCN(CC(=O)NC(=O)Nc4ccccc4)CC3)c(F)c2)C(=O)O1. The number of carbonyl (C=O) groups excluding carboxylic acids is 4. The van der Waals surface area contributed by atoms with E-state index in [0.29, 0.717) is 43.2 Å². The zero-order chi connectivity index (χ0) is 26.4. The highest BCUT2D eigenvalue weighted by Crippen LogP contribution is 2.28. The molecule has 2 saturated heterocycles. The van der Waals surface area contributed by atoms with Crippen LogP contribution >= 0.6 is 0 Å². The Balaban J connectivity index is 1.25. The van der Waals surface area contributed by atoms with Crippen LogP contribution in [0.25, 0.3) is 0 Å². The number of anilines is 3. The molecule has 2 aromatic rings. The molecule has 12 heteroatoms. The summed E-state index contributed by atoms with van der Waals surface area (Å²) in [6.07, 6.45) is -1.10. The van der Waals surface area contributed by atoms with Gasteiger partial charge in [-0.25, -0.2) is 14.0 Å². The van der Waals surface area contributed by atoms with E-state index < -0.39 is 30.0 Å². The average Bonchev–Trinajstić information content (AvgIpc) is 3.24. The van der Waals surface area contributed by atoms with Crippen LogP contribution in [0, 0.1) is 5.82 Å². The lowest BCUT2D eigenvalue weighted by Crippen LogP contribution is -2.50. The van der Waals surface area contributed by atoms with Crippen LogP contribution in [0.4, 0.5) is 31.0 Å². The van der Waals surface area contributed by atoms with Crippen LogP contribution in [0.3, 0.4) is 0 Å². The number of nitrogens with zero attached hydrogens (tertiary/aromatic N) is 3. The molecule has 0 spiro atoms. The van der Waals surface area contributed by atoms with Crippen molar-refractivity contribution < 1.29 is 28.3 Å². The van der Waals surface area contributed by atoms with Gasteiger partial charge < -0.3 is 20.3 Å². The topological polar surface area (TPSA) is 123 Å². The first-order chi connectivity index (χ1) is 17.8. The number of urea groups is 1. The number of benzene rings is 2. The standard InChI is InChI=1S/C25H29FN6O5/c1-17(33)27-14-20-15-32(25(36)37-20)19-7-8-22(21(26)13-19)31-11-9-30(10-12-31)16-23(34)29-24(35)28-18-5-3-2-4-6-18/h2-8,13,20H,9-12,14-16H2,1H3,(H,27,33)(H2,28,29,34,35). The van der Waals surface area contributed by atoms with Crippen LogP contribution in [0.1, 0.15) is 6.92 Å². The van der Waals surface area contributed by atoms with E-state index >= 15 is 0 Å². The molecule has 196 valence electrons. The van der Waals surface area contributed by atoms with Crippen molar-refractivity contribution in [3.8, 4) is 0 Å². The lowest BCUT2D eigenvalue weighted by Gasteiger charge is -2.36. The fourth-order valence-electron chi connectivity index (χ4n) is 4.22. The van der Waals surface area contributed by atoms with Gasteiger partial charge in [0.15, 0.2) is 0 Å². The van der Waals surface area contributed by atoms with Gasteiger partial charge in [0.1, 0.15) is 11.9 Å². The highest BCUT2D eigenvalue weighted by Gasteiger charge is 2.33. The molecule has 2 fully saturated rings. The fraction of sp³-hybridized carbons (Fsp3) is 0.360. The Morgan fingerprint density at radius 2 is 1.78 bits per heavy atom. The third-order valence-electron chi connectivity index (χ3n) is 6.06. The van der Waals surface area contributed by atoms with Crippen LogP contribution in [0.2, 0.25) is 0 Å². The summed E-state index contributed by atoms with van der Waals surface area (Å²) in [5.41, 5.74) is 1.36. The molecular formula is C25H29FN6O5. The van der Waals surface area contributed by atoms with Crippen LogP contribution in [-0.4, -0.2) is 80.8 Å². The summed E-state index contributed by atoms with van der Waals surface area (Å²) in [5.74, 6) is -1.12. The molecule has 0 radical (unpaired) electrons. The van der Waals surface area contributed by atoms with Gasteiger partial charge >= 0.3 is 12.1 Å². The summed E-state index contributed by atoms with van der Waals surface area (Å²) in [6, 6.07) is 12.8. The van der Waals surface area contributed by atoms with Crippen molar-refractivity contribution in [3.63, 3.8) is 0 Å². The van der Waals surface area contributed by atoms with Gasteiger partial charge in [0.2, 0.25) is 11.8 Å². The Labute approximate surface area is 213 Å². The number of nitrogens with one attached hydrogen (secondary N) is 3. The Morgan fingerprint density at radius 3 is 2.46 bits per heavy atom. The summed E-state index contributed by atoms with van der Waals surface area (Å²) in [5, 5.41) is 7.52. The zero-order valence-corrected chi connectivity index (χ0v) is 20.4. The number of halogens is 1. The summed E-state index contributed by atoms with van der Waals surface area (Å²) >= 11 is 0. The number of hydrogen-bond acceptors (Lipinski definition) is 7. The van der Waals surface area contributed by atoms with Crippen LogP contribution in [0.15, 0.2) is 48.5 Å². The normalized spacial score (nSPS) is 17.8. The van der Waals surface area contributed by atoms with Gasteiger partial charge in [-0.15, -0.1) is 0 Å². The minimum absolute atomic E-state index is 0.0498. The van der Waals surface area contributed by atoms with Gasteiger partial charge in [0.05, 0.1) is 31.0 Å². The monoisotopic (exact) mass is 512 g/mol. The van der Waals surface area contributed by atoms with E-state index in [1.807, 2.05) is 15.9 Å². The smallest absolute Gasteiger partial charge is 0.414 e. The molecule has 2 aliphatic heterocycles. The van der Waals surface area contributed by atoms with Crippen molar-refractivity contribution in [1.29, 1.82) is 0 Å². The minimum atomic E-state index is -0.597. The van der Waals surface area contributed by atoms with E-state index in [4.69, 9.17) is 4.74 Å². The molecule has 0 aliphatic carbocycles. The number of hydrogen-bond donors (Lipinski definition) is 3. The maximum absolute atomic E-state index is 15.0. The third kappa shape index (κ3) is 6.94. The van der Waals surface area contributed by atoms with E-state index in [-0.39, 0.29) is 25.5 Å². The fourth-order valence-corrected chi connectivity index (χ4v) is 4.22. The molecule has 4 rings (SSSR count). The molecule has 1 atom stereocenters. The zero-order valence-electron chi connectivity index (χ0n) is 20.4. The Morgan fingerprint density at radius 1 is 1.05 bits per heavy atom. The molecule has 2 aliphatic rings. The number of carbonyl (C=O) groups is 4. The first kappa shape index (κ1) is 25.9. The molecule has 5 amide bonds. The maximum Gasteiger partial charge on any atom is 0.414 e. The number of cyclic esters (lactones) is 1. The average molecular weight is 513 g/mol. The Kier molecular flexibility index (Phi) is 8.18. The van der Waals surface area contributed by atoms with Crippen molar-refractivity contribution >= 4 is 41.0 Å². The van der Waals surface area contributed by atoms with E-state index in [1.54, 1.807) is 36.4 Å². The minimum Gasteiger partial charge on any atom is -0.442 e. The van der Waals surface area contributed by atoms with Crippen molar-refractivity contribution in [3.05, 3.63) is 54.3 Å². The molecule has 11 nitrogen and oxygen atoms in total. The summed E-state index contributed by atoms with van der Waals surface area (Å²) in [7, 11) is 0. The molecule has 2 heterocycles. The van der Waals surface area contributed by atoms with Gasteiger partial charge in [-0.3, -0.25) is 24.7 Å². The van der Waals surface area contributed by atoms with Crippen molar-refractivity contribution in [2.45, 2.75) is 13.0 Å². The quantitative estimate of drug-likeness (QED) is 0.517. The highest BCUT2D eigenvalue weighted by atomic mass is 19.1. The molecule has 37 heavy (non-hydrogen) atoms. The van der Waals surface area contributed by atoms with E-state index in [9.17, 15) is 23.6 Å². The summed E-state index contributed by atoms with van der Waals surface area (Å²) in [4.78, 5) is 52.6. The number of para-hydroxylation sites is 1. The van der Waals surface area contributed by atoms with Gasteiger partial charge in [-0.05, 0) is 30.3 Å². The number of rotatable bonds is 7. The van der Waals surface area contributed by atoms with Crippen LogP contribution in [-0.2, 0) is 14.3 Å². The molecule has 1 unspecified atom stereocenters. The second-order valence-corrected chi connectivity index (χ2v) is 8.82. The van der Waals surface area contributed by atoms with Crippen molar-refractivity contribution in [2.75, 3.05) is 60.9 Å². The predicted molar refractivity (Wildman–Crippen MR) is 135 cm³/mol.